The molecule has 0 atom stereocenters. The molecule has 0 fully saturated rings. The van der Waals surface area contributed by atoms with Gasteiger partial charge in [-0.2, -0.15) is 26.3 Å². The minimum absolute atomic E-state index is 0.177. The summed E-state index contributed by atoms with van der Waals surface area (Å²) in [6.45, 7) is 5.65. The summed E-state index contributed by atoms with van der Waals surface area (Å²) in [5.74, 6) is -3.65. The number of aromatic nitrogens is 6. The van der Waals surface area contributed by atoms with Crippen molar-refractivity contribution in [3.8, 4) is 34.0 Å². The molecule has 0 aliphatic heterocycles. The summed E-state index contributed by atoms with van der Waals surface area (Å²) in [6, 6.07) is 18.1. The molecule has 0 radical (unpaired) electrons. The van der Waals surface area contributed by atoms with E-state index < -0.39 is 35.4 Å². The number of fused-ring (bicyclic) bond motifs is 6. The number of alkyl halides is 6. The lowest BCUT2D eigenvalue weighted by Gasteiger charge is -2.12. The SMILES string of the molecule is C=C(C(=O)Oc1cncc2c1c1ccncc1n2-c1ccc(-c2ccc(-n3c4cnccc4c4c(OC(=O)C(=C)C(F)(F)F)cncc43)cc2)cc1)C(F)(F)F. The molecule has 0 bridgehead atoms. The molecule has 2 aromatic carbocycles. The lowest BCUT2D eigenvalue weighted by atomic mass is 10.0. The van der Waals surface area contributed by atoms with E-state index in [1.165, 1.54) is 24.8 Å². The Hall–Kier alpha value is -7.36. The van der Waals surface area contributed by atoms with Gasteiger partial charge in [0.25, 0.3) is 0 Å². The molecule has 0 aliphatic rings. The van der Waals surface area contributed by atoms with Crippen LogP contribution in [0.5, 0.6) is 11.5 Å². The fourth-order valence-electron chi connectivity index (χ4n) is 6.42. The van der Waals surface area contributed by atoms with E-state index in [1.54, 1.807) is 33.7 Å². The molecule has 8 rings (SSSR count). The normalized spacial score (nSPS) is 12.0. The summed E-state index contributed by atoms with van der Waals surface area (Å²) < 4.78 is 92.9. The Morgan fingerprint density at radius 3 is 1.21 bits per heavy atom. The summed E-state index contributed by atoms with van der Waals surface area (Å²) in [5.41, 5.74) is 1.71. The number of pyridine rings is 4. The largest absolute Gasteiger partial charge is 0.422 e. The summed E-state index contributed by atoms with van der Waals surface area (Å²) in [6.07, 6.45) is 1.57. The van der Waals surface area contributed by atoms with Crippen LogP contribution < -0.4 is 9.47 Å². The molecule has 278 valence electrons. The second kappa shape index (κ2) is 13.2. The van der Waals surface area contributed by atoms with Gasteiger partial charge in [-0.05, 0) is 47.5 Å². The minimum Gasteiger partial charge on any atom is -0.421 e. The van der Waals surface area contributed by atoms with E-state index in [9.17, 15) is 35.9 Å². The third kappa shape index (κ3) is 6.06. The highest BCUT2D eigenvalue weighted by Gasteiger charge is 2.39. The molecule has 6 heterocycles. The number of halogens is 6. The molecule has 56 heavy (non-hydrogen) atoms. The number of carbonyl (C=O) groups is 2. The van der Waals surface area contributed by atoms with Crippen molar-refractivity contribution in [2.75, 3.05) is 0 Å². The zero-order valence-corrected chi connectivity index (χ0v) is 28.4. The van der Waals surface area contributed by atoms with Crippen molar-refractivity contribution < 1.29 is 45.4 Å². The average Bonchev–Trinajstić information content (AvgIpc) is 3.71. The van der Waals surface area contributed by atoms with Crippen LogP contribution in [0.4, 0.5) is 26.3 Å². The third-order valence-electron chi connectivity index (χ3n) is 9.05. The third-order valence-corrected chi connectivity index (χ3v) is 9.05. The first-order valence-corrected chi connectivity index (χ1v) is 16.3. The molecule has 0 unspecified atom stereocenters. The predicted octanol–water partition coefficient (Wildman–Crippen LogP) is 9.18. The zero-order chi connectivity index (χ0) is 39.5. The van der Waals surface area contributed by atoms with Gasteiger partial charge in [0, 0.05) is 34.5 Å². The molecular formula is C40H22F6N6O4. The second-order valence-corrected chi connectivity index (χ2v) is 12.3. The first-order valence-electron chi connectivity index (χ1n) is 16.3. The number of carbonyl (C=O) groups excluding carboxylic acids is 2. The van der Waals surface area contributed by atoms with E-state index in [-0.39, 0.29) is 11.5 Å². The number of nitrogens with zero attached hydrogens (tertiary/aromatic N) is 6. The Balaban J connectivity index is 1.13. The topological polar surface area (TPSA) is 114 Å². The van der Waals surface area contributed by atoms with E-state index in [2.05, 4.69) is 33.1 Å². The number of hydrogen-bond acceptors (Lipinski definition) is 8. The molecule has 10 nitrogen and oxygen atoms in total. The van der Waals surface area contributed by atoms with Crippen LogP contribution in [0.15, 0.2) is 135 Å². The highest BCUT2D eigenvalue weighted by Crippen LogP contribution is 2.40. The highest BCUT2D eigenvalue weighted by atomic mass is 19.4. The van der Waals surface area contributed by atoms with Gasteiger partial charge in [0.05, 0.1) is 70.0 Å². The maximum atomic E-state index is 13.2. The van der Waals surface area contributed by atoms with Gasteiger partial charge in [-0.3, -0.25) is 19.9 Å². The van der Waals surface area contributed by atoms with Crippen LogP contribution in [-0.4, -0.2) is 53.4 Å². The zero-order valence-electron chi connectivity index (χ0n) is 28.4. The predicted molar refractivity (Wildman–Crippen MR) is 193 cm³/mol. The van der Waals surface area contributed by atoms with E-state index in [1.807, 2.05) is 48.5 Å². The highest BCUT2D eigenvalue weighted by molar-refractivity contribution is 6.13. The lowest BCUT2D eigenvalue weighted by Crippen LogP contribution is -2.23. The Bertz CT molecular complexity index is 2710. The molecule has 0 spiro atoms. The van der Waals surface area contributed by atoms with Crippen LogP contribution in [-0.2, 0) is 9.59 Å². The van der Waals surface area contributed by atoms with Crippen LogP contribution in [0.2, 0.25) is 0 Å². The van der Waals surface area contributed by atoms with Gasteiger partial charge in [-0.1, -0.05) is 37.4 Å². The molecule has 0 amide bonds. The van der Waals surface area contributed by atoms with Crippen molar-refractivity contribution in [1.29, 1.82) is 0 Å². The van der Waals surface area contributed by atoms with Crippen molar-refractivity contribution in [1.82, 2.24) is 29.1 Å². The Morgan fingerprint density at radius 1 is 0.500 bits per heavy atom. The summed E-state index contributed by atoms with van der Waals surface area (Å²) in [5, 5.41) is 1.83. The van der Waals surface area contributed by atoms with Gasteiger partial charge in [0.15, 0.2) is 11.5 Å². The van der Waals surface area contributed by atoms with E-state index >= 15 is 0 Å². The van der Waals surface area contributed by atoms with Crippen LogP contribution in [0.25, 0.3) is 66.1 Å². The van der Waals surface area contributed by atoms with Crippen molar-refractivity contribution in [2.24, 2.45) is 0 Å². The van der Waals surface area contributed by atoms with Crippen molar-refractivity contribution in [2.45, 2.75) is 12.4 Å². The molecule has 0 saturated carbocycles. The standard InChI is InChI=1S/C40H22F6N6O4/c1-21(39(41,42)43)37(53)55-33-19-49-17-31-35(33)27-11-13-47-15-29(27)51(31)25-7-3-23(4-8-25)24-5-9-26(10-6-24)52-30-16-48-14-12-28(30)36-32(52)18-50-20-34(36)56-38(54)22(2)40(44,45)46/h3-20H,1-2H2. The Labute approximate surface area is 310 Å². The monoisotopic (exact) mass is 764 g/mol. The van der Waals surface area contributed by atoms with E-state index in [4.69, 9.17) is 9.47 Å². The number of benzene rings is 2. The van der Waals surface area contributed by atoms with Gasteiger partial charge < -0.3 is 18.6 Å². The maximum Gasteiger partial charge on any atom is 0.422 e. The average molecular weight is 765 g/mol. The maximum absolute atomic E-state index is 13.2. The lowest BCUT2D eigenvalue weighted by molar-refractivity contribution is -0.143. The van der Waals surface area contributed by atoms with E-state index in [0.717, 1.165) is 23.5 Å². The van der Waals surface area contributed by atoms with Gasteiger partial charge in [-0.25, -0.2) is 9.59 Å². The second-order valence-electron chi connectivity index (χ2n) is 12.3. The van der Waals surface area contributed by atoms with E-state index in [0.29, 0.717) is 55.0 Å². The van der Waals surface area contributed by atoms with Crippen LogP contribution in [0, 0.1) is 0 Å². The van der Waals surface area contributed by atoms with Crippen molar-refractivity contribution >= 4 is 55.6 Å². The smallest absolute Gasteiger partial charge is 0.421 e. The number of rotatable bonds is 7. The van der Waals surface area contributed by atoms with Crippen molar-refractivity contribution in [3.05, 3.63) is 135 Å². The van der Waals surface area contributed by atoms with Crippen LogP contribution in [0.3, 0.4) is 0 Å². The Kier molecular flexibility index (Phi) is 8.40. The number of ether oxygens (including phenoxy) is 2. The number of esters is 2. The Morgan fingerprint density at radius 2 is 0.857 bits per heavy atom. The van der Waals surface area contributed by atoms with Gasteiger partial charge >= 0.3 is 24.3 Å². The van der Waals surface area contributed by atoms with Gasteiger partial charge in [0.2, 0.25) is 0 Å². The van der Waals surface area contributed by atoms with Gasteiger partial charge in [-0.15, -0.1) is 0 Å². The molecule has 0 aliphatic carbocycles. The molecule has 0 N–H and O–H groups in total. The van der Waals surface area contributed by atoms with Gasteiger partial charge in [0.1, 0.15) is 11.1 Å². The first kappa shape index (κ1) is 35.7. The molecule has 0 saturated heterocycles. The van der Waals surface area contributed by atoms with Crippen molar-refractivity contribution in [3.63, 3.8) is 0 Å². The summed E-state index contributed by atoms with van der Waals surface area (Å²) >= 11 is 0. The number of hydrogen-bond donors (Lipinski definition) is 0. The molecule has 16 heteroatoms. The van der Waals surface area contributed by atoms with Crippen LogP contribution in [0.1, 0.15) is 0 Å². The fraction of sp³-hybridized carbons (Fsp3) is 0.0500. The summed E-state index contributed by atoms with van der Waals surface area (Å²) in [4.78, 5) is 41.4. The quantitative estimate of drug-likeness (QED) is 0.0897. The minimum atomic E-state index is -4.97. The fourth-order valence-corrected chi connectivity index (χ4v) is 6.42. The molecule has 8 aromatic rings. The van der Waals surface area contributed by atoms with Crippen LogP contribution >= 0.6 is 0 Å². The summed E-state index contributed by atoms with van der Waals surface area (Å²) in [7, 11) is 0. The first-order chi connectivity index (χ1) is 26.7. The molecular weight excluding hydrogens is 742 g/mol. The molecule has 6 aromatic heterocycles.